The molecular weight excluding hydrogens is 518 g/mol. The molecule has 0 aliphatic heterocycles. The number of carbonyl (C=O) groups is 2. The zero-order chi connectivity index (χ0) is 28.7. The normalized spacial score (nSPS) is 11.8. The SMILES string of the molecule is CNC(=O)[C@H](C)N(Cc1ccccc1C)C(=O)CN(c1cc(OC)ccc1OC)S(=O)(=O)c1ccc(C)cc1. The van der Waals surface area contributed by atoms with Gasteiger partial charge in [-0.1, -0.05) is 42.0 Å². The third kappa shape index (κ3) is 6.69. The first-order chi connectivity index (χ1) is 18.5. The lowest BCUT2D eigenvalue weighted by Crippen LogP contribution is -2.50. The maximum absolute atomic E-state index is 14.0. The lowest BCUT2D eigenvalue weighted by Gasteiger charge is -2.32. The van der Waals surface area contributed by atoms with Gasteiger partial charge in [0.25, 0.3) is 10.0 Å². The van der Waals surface area contributed by atoms with Gasteiger partial charge < -0.3 is 19.7 Å². The van der Waals surface area contributed by atoms with Gasteiger partial charge in [0.2, 0.25) is 11.8 Å². The zero-order valence-corrected chi connectivity index (χ0v) is 23.9. The van der Waals surface area contributed by atoms with E-state index in [0.29, 0.717) is 5.75 Å². The van der Waals surface area contributed by atoms with Crippen LogP contribution >= 0.6 is 0 Å². The Bertz CT molecular complexity index is 1420. The molecule has 208 valence electrons. The quantitative estimate of drug-likeness (QED) is 0.389. The molecule has 1 atom stereocenters. The number of likely N-dealkylation sites (N-methyl/N-ethyl adjacent to an activating group) is 1. The van der Waals surface area contributed by atoms with E-state index >= 15 is 0 Å². The molecule has 0 spiro atoms. The minimum atomic E-state index is -4.24. The summed E-state index contributed by atoms with van der Waals surface area (Å²) in [5.41, 5.74) is 2.81. The number of nitrogens with zero attached hydrogens (tertiary/aromatic N) is 2. The maximum Gasteiger partial charge on any atom is 0.264 e. The van der Waals surface area contributed by atoms with Crippen LogP contribution in [0.15, 0.2) is 71.6 Å². The standard InChI is InChI=1S/C29H35N3O6S/c1-20-11-14-25(15-12-20)39(35,36)32(26-17-24(37-5)13-16-27(26)38-6)19-28(33)31(22(3)29(34)30-4)18-23-10-8-7-9-21(23)2/h7-17,22H,18-19H2,1-6H3,(H,30,34)/t22-/m0/s1. The highest BCUT2D eigenvalue weighted by atomic mass is 32.2. The van der Waals surface area contributed by atoms with E-state index in [1.807, 2.05) is 38.1 Å². The third-order valence-corrected chi connectivity index (χ3v) is 8.33. The molecule has 2 amide bonds. The van der Waals surface area contributed by atoms with E-state index < -0.39 is 28.5 Å². The average Bonchev–Trinajstić information content (AvgIpc) is 2.94. The smallest absolute Gasteiger partial charge is 0.264 e. The molecule has 0 radical (unpaired) electrons. The number of anilines is 1. The van der Waals surface area contributed by atoms with E-state index in [1.54, 1.807) is 31.2 Å². The summed E-state index contributed by atoms with van der Waals surface area (Å²) in [6, 6.07) is 17.7. The highest BCUT2D eigenvalue weighted by Gasteiger charge is 2.34. The van der Waals surface area contributed by atoms with E-state index in [-0.39, 0.29) is 28.8 Å². The minimum absolute atomic E-state index is 0.00979. The van der Waals surface area contributed by atoms with Gasteiger partial charge in [-0.15, -0.1) is 0 Å². The molecule has 9 nitrogen and oxygen atoms in total. The van der Waals surface area contributed by atoms with Crippen molar-refractivity contribution < 1.29 is 27.5 Å². The summed E-state index contributed by atoms with van der Waals surface area (Å²) in [5.74, 6) is -0.305. The van der Waals surface area contributed by atoms with E-state index in [2.05, 4.69) is 5.32 Å². The number of aryl methyl sites for hydroxylation is 2. The van der Waals surface area contributed by atoms with Crippen molar-refractivity contribution in [2.24, 2.45) is 0 Å². The van der Waals surface area contributed by atoms with Crippen molar-refractivity contribution in [2.75, 3.05) is 32.1 Å². The van der Waals surface area contributed by atoms with Crippen molar-refractivity contribution >= 4 is 27.5 Å². The number of hydrogen-bond acceptors (Lipinski definition) is 6. The number of sulfonamides is 1. The van der Waals surface area contributed by atoms with Crippen LogP contribution in [0.3, 0.4) is 0 Å². The minimum Gasteiger partial charge on any atom is -0.497 e. The fraction of sp³-hybridized carbons (Fsp3) is 0.310. The zero-order valence-electron chi connectivity index (χ0n) is 23.1. The lowest BCUT2D eigenvalue weighted by molar-refractivity contribution is -0.139. The van der Waals surface area contributed by atoms with Gasteiger partial charge in [-0.05, 0) is 56.2 Å². The van der Waals surface area contributed by atoms with Gasteiger partial charge in [0.15, 0.2) is 0 Å². The second kappa shape index (κ2) is 12.7. The Hall–Kier alpha value is -4.05. The molecule has 0 aliphatic carbocycles. The monoisotopic (exact) mass is 553 g/mol. The second-order valence-corrected chi connectivity index (χ2v) is 11.0. The van der Waals surface area contributed by atoms with Gasteiger partial charge in [0.05, 0.1) is 24.8 Å². The van der Waals surface area contributed by atoms with E-state index in [1.165, 1.54) is 44.4 Å². The van der Waals surface area contributed by atoms with Crippen LogP contribution in [0.5, 0.6) is 11.5 Å². The van der Waals surface area contributed by atoms with Gasteiger partial charge in [-0.3, -0.25) is 13.9 Å². The van der Waals surface area contributed by atoms with Crippen LogP contribution in [0.1, 0.15) is 23.6 Å². The summed E-state index contributed by atoms with van der Waals surface area (Å²) in [7, 11) is 0.132. The summed E-state index contributed by atoms with van der Waals surface area (Å²) < 4.78 is 39.9. The molecule has 0 saturated carbocycles. The fourth-order valence-corrected chi connectivity index (χ4v) is 5.52. The third-order valence-electron chi connectivity index (χ3n) is 6.56. The highest BCUT2D eigenvalue weighted by molar-refractivity contribution is 7.92. The molecule has 10 heteroatoms. The first kappa shape index (κ1) is 29.5. The molecule has 0 bridgehead atoms. The second-order valence-electron chi connectivity index (χ2n) is 9.10. The number of nitrogens with one attached hydrogen (secondary N) is 1. The topological polar surface area (TPSA) is 105 Å². The average molecular weight is 554 g/mol. The molecule has 0 aromatic heterocycles. The number of carbonyl (C=O) groups excluding carboxylic acids is 2. The van der Waals surface area contributed by atoms with Crippen molar-refractivity contribution in [3.63, 3.8) is 0 Å². The Morgan fingerprint density at radius 2 is 1.62 bits per heavy atom. The Morgan fingerprint density at radius 1 is 0.949 bits per heavy atom. The van der Waals surface area contributed by atoms with E-state index in [9.17, 15) is 18.0 Å². The van der Waals surface area contributed by atoms with Crippen LogP contribution in [-0.2, 0) is 26.2 Å². The predicted molar refractivity (Wildman–Crippen MR) is 151 cm³/mol. The van der Waals surface area contributed by atoms with Crippen molar-refractivity contribution in [1.29, 1.82) is 0 Å². The molecule has 39 heavy (non-hydrogen) atoms. The number of methoxy groups -OCH3 is 2. The predicted octanol–water partition coefficient (Wildman–Crippen LogP) is 3.68. The molecule has 0 aliphatic rings. The van der Waals surface area contributed by atoms with Crippen LogP contribution in [0.4, 0.5) is 5.69 Å². The molecule has 1 N–H and O–H groups in total. The van der Waals surface area contributed by atoms with Crippen LogP contribution in [0.2, 0.25) is 0 Å². The first-order valence-corrected chi connectivity index (χ1v) is 13.8. The summed E-state index contributed by atoms with van der Waals surface area (Å²) in [5, 5.41) is 2.58. The molecule has 3 rings (SSSR count). The van der Waals surface area contributed by atoms with Gasteiger partial charge in [-0.2, -0.15) is 0 Å². The number of hydrogen-bond donors (Lipinski definition) is 1. The molecule has 0 heterocycles. The van der Waals surface area contributed by atoms with Crippen molar-refractivity contribution in [1.82, 2.24) is 10.2 Å². The number of ether oxygens (including phenoxy) is 2. The summed E-state index contributed by atoms with van der Waals surface area (Å²) >= 11 is 0. The Labute approximate surface area is 230 Å². The molecular formula is C29H35N3O6S. The largest absolute Gasteiger partial charge is 0.497 e. The molecule has 0 unspecified atom stereocenters. The first-order valence-electron chi connectivity index (χ1n) is 12.4. The van der Waals surface area contributed by atoms with Crippen LogP contribution in [-0.4, -0.2) is 59.0 Å². The molecule has 0 saturated heterocycles. The van der Waals surface area contributed by atoms with Crippen molar-refractivity contribution in [2.45, 2.75) is 38.3 Å². The molecule has 3 aromatic carbocycles. The fourth-order valence-electron chi connectivity index (χ4n) is 4.10. The van der Waals surface area contributed by atoms with Crippen molar-refractivity contribution in [3.05, 3.63) is 83.4 Å². The van der Waals surface area contributed by atoms with E-state index in [4.69, 9.17) is 9.47 Å². The molecule has 3 aromatic rings. The number of benzene rings is 3. The van der Waals surface area contributed by atoms with Gasteiger partial charge in [-0.25, -0.2) is 8.42 Å². The summed E-state index contributed by atoms with van der Waals surface area (Å²) in [6.07, 6.45) is 0. The number of amides is 2. The van der Waals surface area contributed by atoms with Gasteiger partial charge in [0, 0.05) is 19.7 Å². The van der Waals surface area contributed by atoms with Gasteiger partial charge in [0.1, 0.15) is 24.1 Å². The van der Waals surface area contributed by atoms with Crippen LogP contribution < -0.4 is 19.1 Å². The van der Waals surface area contributed by atoms with E-state index in [0.717, 1.165) is 21.0 Å². The lowest BCUT2D eigenvalue weighted by atomic mass is 10.1. The van der Waals surface area contributed by atoms with Crippen molar-refractivity contribution in [3.8, 4) is 11.5 Å². The number of rotatable bonds is 11. The Morgan fingerprint density at radius 3 is 2.21 bits per heavy atom. The molecule has 0 fully saturated rings. The van der Waals surface area contributed by atoms with Gasteiger partial charge >= 0.3 is 0 Å². The van der Waals surface area contributed by atoms with Crippen LogP contribution in [0, 0.1) is 13.8 Å². The highest BCUT2D eigenvalue weighted by Crippen LogP contribution is 2.36. The van der Waals surface area contributed by atoms with Crippen LogP contribution in [0.25, 0.3) is 0 Å². The summed E-state index contributed by atoms with van der Waals surface area (Å²) in [4.78, 5) is 28.0. The maximum atomic E-state index is 14.0. The Kier molecular flexibility index (Phi) is 9.58. The Balaban J connectivity index is 2.14. The summed E-state index contributed by atoms with van der Waals surface area (Å²) in [6.45, 7) is 4.92.